The first-order valence-electron chi connectivity index (χ1n) is 9.88. The third kappa shape index (κ3) is 6.27. The number of carbonyl (C=O) groups excluding carboxylic acids is 1. The van der Waals surface area contributed by atoms with Crippen LogP contribution in [0.25, 0.3) is 0 Å². The molecule has 168 valence electrons. The van der Waals surface area contributed by atoms with Crippen LogP contribution >= 0.6 is 11.8 Å². The Kier molecular flexibility index (Phi) is 7.48. The van der Waals surface area contributed by atoms with Gasteiger partial charge in [0.05, 0.1) is 13.5 Å². The van der Waals surface area contributed by atoms with Gasteiger partial charge in [-0.25, -0.2) is 8.42 Å². The van der Waals surface area contributed by atoms with E-state index in [0.717, 1.165) is 16.9 Å². The fourth-order valence-electron chi connectivity index (χ4n) is 3.12. The van der Waals surface area contributed by atoms with Crippen LogP contribution in [0.1, 0.15) is 23.3 Å². The molecule has 0 radical (unpaired) electrons. The molecule has 3 rings (SSSR count). The van der Waals surface area contributed by atoms with Crippen LogP contribution in [0.4, 0.5) is 5.69 Å². The lowest BCUT2D eigenvalue weighted by Gasteiger charge is -2.13. The summed E-state index contributed by atoms with van der Waals surface area (Å²) in [6.45, 7) is 2.13. The zero-order valence-electron chi connectivity index (χ0n) is 18.0. The number of sulfone groups is 1. The van der Waals surface area contributed by atoms with Crippen LogP contribution in [0.3, 0.4) is 0 Å². The smallest absolute Gasteiger partial charge is 0.228 e. The van der Waals surface area contributed by atoms with E-state index in [1.807, 2.05) is 48.5 Å². The SMILES string of the molecule is COc1ccc(C(C)Sc2ccc(NC(=O)Cc3ccc(O)c(S(C)(=O)=O)c3)cc2)cc1. The second kappa shape index (κ2) is 10.1. The first kappa shape index (κ1) is 23.7. The normalized spacial score (nSPS) is 12.2. The molecule has 1 amide bonds. The van der Waals surface area contributed by atoms with Crippen molar-refractivity contribution in [3.05, 3.63) is 77.9 Å². The number of rotatable bonds is 8. The van der Waals surface area contributed by atoms with Crippen molar-refractivity contribution in [2.45, 2.75) is 28.4 Å². The molecule has 0 fully saturated rings. The van der Waals surface area contributed by atoms with Crippen molar-refractivity contribution in [1.29, 1.82) is 0 Å². The molecule has 32 heavy (non-hydrogen) atoms. The molecule has 3 aromatic carbocycles. The minimum Gasteiger partial charge on any atom is -0.507 e. The maximum absolute atomic E-state index is 12.4. The summed E-state index contributed by atoms with van der Waals surface area (Å²) in [6, 6.07) is 19.7. The lowest BCUT2D eigenvalue weighted by atomic mass is 10.1. The molecule has 1 unspecified atom stereocenters. The standard InChI is InChI=1S/C24H25NO5S2/c1-16(18-5-9-20(30-2)10-6-18)31-21-11-7-19(8-12-21)25-24(27)15-17-4-13-22(26)23(14-17)32(3,28)29/h4-14,16,26H,15H2,1-3H3,(H,25,27). The highest BCUT2D eigenvalue weighted by Crippen LogP contribution is 2.35. The third-order valence-electron chi connectivity index (χ3n) is 4.82. The molecule has 0 aliphatic carbocycles. The number of phenols is 1. The van der Waals surface area contributed by atoms with Gasteiger partial charge in [0.1, 0.15) is 16.4 Å². The molecular formula is C24H25NO5S2. The van der Waals surface area contributed by atoms with Gasteiger partial charge in [0.2, 0.25) is 5.91 Å². The number of phenolic OH excluding ortho intramolecular Hbond substituents is 1. The van der Waals surface area contributed by atoms with E-state index < -0.39 is 9.84 Å². The van der Waals surface area contributed by atoms with E-state index in [1.54, 1.807) is 18.9 Å². The van der Waals surface area contributed by atoms with Crippen molar-refractivity contribution in [3.63, 3.8) is 0 Å². The first-order chi connectivity index (χ1) is 15.2. The molecule has 0 aromatic heterocycles. The minimum absolute atomic E-state index is 0.00615. The number of anilines is 1. The zero-order chi connectivity index (χ0) is 23.3. The number of thioether (sulfide) groups is 1. The van der Waals surface area contributed by atoms with Crippen molar-refractivity contribution in [2.24, 2.45) is 0 Å². The van der Waals surface area contributed by atoms with E-state index in [0.29, 0.717) is 11.3 Å². The fourth-order valence-corrected chi connectivity index (χ4v) is 4.93. The number of methoxy groups -OCH3 is 1. The number of hydrogen-bond donors (Lipinski definition) is 2. The Bertz CT molecular complexity index is 1190. The number of carbonyl (C=O) groups is 1. The fraction of sp³-hybridized carbons (Fsp3) is 0.208. The van der Waals surface area contributed by atoms with E-state index >= 15 is 0 Å². The third-order valence-corrected chi connectivity index (χ3v) is 7.12. The van der Waals surface area contributed by atoms with Crippen LogP contribution in [0.2, 0.25) is 0 Å². The van der Waals surface area contributed by atoms with Gasteiger partial charge >= 0.3 is 0 Å². The molecule has 0 saturated heterocycles. The van der Waals surface area contributed by atoms with Crippen molar-refractivity contribution in [3.8, 4) is 11.5 Å². The zero-order valence-corrected chi connectivity index (χ0v) is 19.7. The van der Waals surface area contributed by atoms with Crippen LogP contribution in [-0.4, -0.2) is 32.8 Å². The number of amides is 1. The molecule has 2 N–H and O–H groups in total. The summed E-state index contributed by atoms with van der Waals surface area (Å²) < 4.78 is 28.7. The summed E-state index contributed by atoms with van der Waals surface area (Å²) in [7, 11) is -1.94. The summed E-state index contributed by atoms with van der Waals surface area (Å²) in [5, 5.41) is 12.8. The lowest BCUT2D eigenvalue weighted by molar-refractivity contribution is -0.115. The van der Waals surface area contributed by atoms with Crippen LogP contribution < -0.4 is 10.1 Å². The van der Waals surface area contributed by atoms with Crippen molar-refractivity contribution < 1.29 is 23.1 Å². The molecule has 0 saturated carbocycles. The van der Waals surface area contributed by atoms with Gasteiger partial charge in [-0.2, -0.15) is 0 Å². The Morgan fingerprint density at radius 3 is 2.31 bits per heavy atom. The number of hydrogen-bond acceptors (Lipinski definition) is 6. The van der Waals surface area contributed by atoms with Gasteiger partial charge in [-0.05, 0) is 66.6 Å². The average molecular weight is 472 g/mol. The summed E-state index contributed by atoms with van der Waals surface area (Å²) in [5.41, 5.74) is 2.34. The molecule has 0 spiro atoms. The summed E-state index contributed by atoms with van der Waals surface area (Å²) in [5.74, 6) is 0.224. The van der Waals surface area contributed by atoms with Gasteiger partial charge in [-0.15, -0.1) is 11.8 Å². The van der Waals surface area contributed by atoms with Crippen LogP contribution in [-0.2, 0) is 21.1 Å². The molecule has 6 nitrogen and oxygen atoms in total. The molecule has 0 aliphatic heterocycles. The number of aromatic hydroxyl groups is 1. The second-order valence-electron chi connectivity index (χ2n) is 7.36. The number of nitrogens with one attached hydrogen (secondary N) is 1. The molecule has 1 atom stereocenters. The first-order valence-corrected chi connectivity index (χ1v) is 12.7. The van der Waals surface area contributed by atoms with Crippen LogP contribution in [0, 0.1) is 0 Å². The Hall–Kier alpha value is -2.97. The molecule has 0 aliphatic rings. The molecule has 0 heterocycles. The minimum atomic E-state index is -3.58. The van der Waals surface area contributed by atoms with Gasteiger partial charge in [0.25, 0.3) is 0 Å². The largest absolute Gasteiger partial charge is 0.507 e. The topological polar surface area (TPSA) is 92.7 Å². The van der Waals surface area contributed by atoms with Gasteiger partial charge in [0, 0.05) is 22.1 Å². The number of benzene rings is 3. The summed E-state index contributed by atoms with van der Waals surface area (Å²) in [4.78, 5) is 13.3. The monoisotopic (exact) mass is 471 g/mol. The average Bonchev–Trinajstić information content (AvgIpc) is 2.75. The van der Waals surface area contributed by atoms with Crippen LogP contribution in [0.15, 0.2) is 76.5 Å². The van der Waals surface area contributed by atoms with Gasteiger partial charge in [0.15, 0.2) is 9.84 Å². The Labute approximate surface area is 192 Å². The van der Waals surface area contributed by atoms with Gasteiger partial charge < -0.3 is 15.2 Å². The summed E-state index contributed by atoms with van der Waals surface area (Å²) >= 11 is 1.71. The maximum atomic E-state index is 12.4. The molecule has 8 heteroatoms. The van der Waals surface area contributed by atoms with Crippen LogP contribution in [0.5, 0.6) is 11.5 Å². The van der Waals surface area contributed by atoms with E-state index in [-0.39, 0.29) is 28.2 Å². The van der Waals surface area contributed by atoms with E-state index in [1.165, 1.54) is 23.8 Å². The Balaban J connectivity index is 1.60. The Morgan fingerprint density at radius 1 is 1.06 bits per heavy atom. The van der Waals surface area contributed by atoms with Gasteiger partial charge in [-0.3, -0.25) is 4.79 Å². The molecule has 3 aromatic rings. The van der Waals surface area contributed by atoms with E-state index in [2.05, 4.69) is 12.2 Å². The predicted molar refractivity (Wildman–Crippen MR) is 127 cm³/mol. The predicted octanol–water partition coefficient (Wildman–Crippen LogP) is 4.84. The Morgan fingerprint density at radius 2 is 1.72 bits per heavy atom. The highest BCUT2D eigenvalue weighted by Gasteiger charge is 2.15. The molecule has 0 bridgehead atoms. The number of ether oxygens (including phenoxy) is 1. The van der Waals surface area contributed by atoms with E-state index in [9.17, 15) is 18.3 Å². The quantitative estimate of drug-likeness (QED) is 0.457. The molecular weight excluding hydrogens is 446 g/mol. The maximum Gasteiger partial charge on any atom is 0.228 e. The lowest BCUT2D eigenvalue weighted by Crippen LogP contribution is -2.14. The summed E-state index contributed by atoms with van der Waals surface area (Å²) in [6.07, 6.45) is 1.01. The van der Waals surface area contributed by atoms with Crippen molar-refractivity contribution in [2.75, 3.05) is 18.7 Å². The van der Waals surface area contributed by atoms with Gasteiger partial charge in [-0.1, -0.05) is 18.2 Å². The second-order valence-corrected chi connectivity index (χ2v) is 10.8. The van der Waals surface area contributed by atoms with Crippen molar-refractivity contribution >= 4 is 33.2 Å². The highest BCUT2D eigenvalue weighted by molar-refractivity contribution is 7.99. The van der Waals surface area contributed by atoms with E-state index in [4.69, 9.17) is 4.74 Å². The highest BCUT2D eigenvalue weighted by atomic mass is 32.2. The van der Waals surface area contributed by atoms with Crippen molar-refractivity contribution in [1.82, 2.24) is 0 Å².